The summed E-state index contributed by atoms with van der Waals surface area (Å²) in [5, 5.41) is 0. The van der Waals surface area contributed by atoms with E-state index in [1.165, 1.54) is 0 Å². The summed E-state index contributed by atoms with van der Waals surface area (Å²) in [6, 6.07) is 6.49. The first-order valence-electron chi connectivity index (χ1n) is 6.98. The van der Waals surface area contributed by atoms with E-state index in [4.69, 9.17) is 5.73 Å². The van der Waals surface area contributed by atoms with Crippen LogP contribution in [0, 0.1) is 23.2 Å². The molecule has 0 amide bonds. The van der Waals surface area contributed by atoms with E-state index in [0.717, 1.165) is 5.56 Å². The van der Waals surface area contributed by atoms with Crippen LogP contribution in [0.5, 0.6) is 0 Å². The minimum atomic E-state index is -3.49. The fourth-order valence-corrected chi connectivity index (χ4v) is 2.66. The largest absolute Gasteiger partial charge is 0.320 e. The maximum Gasteiger partial charge on any atom is 0.240 e. The highest BCUT2D eigenvalue weighted by Gasteiger charge is 2.25. The molecule has 0 radical (unpaired) electrons. The molecular weight excluding hydrogens is 284 g/mol. The van der Waals surface area contributed by atoms with Crippen LogP contribution in [0.3, 0.4) is 0 Å². The van der Waals surface area contributed by atoms with Gasteiger partial charge >= 0.3 is 0 Å². The number of hydrogen-bond donors (Lipinski definition) is 2. The summed E-state index contributed by atoms with van der Waals surface area (Å²) < 4.78 is 27.2. The molecule has 0 aliphatic rings. The number of benzene rings is 1. The van der Waals surface area contributed by atoms with Crippen molar-refractivity contribution in [1.29, 1.82) is 0 Å². The second-order valence-corrected chi connectivity index (χ2v) is 7.77. The summed E-state index contributed by atoms with van der Waals surface area (Å²) in [6.07, 6.45) is 0. The molecule has 0 unspecified atom stereocenters. The van der Waals surface area contributed by atoms with Crippen LogP contribution in [-0.4, -0.2) is 21.5 Å². The molecule has 1 rings (SSSR count). The smallest absolute Gasteiger partial charge is 0.240 e. The van der Waals surface area contributed by atoms with E-state index in [9.17, 15) is 8.42 Å². The zero-order valence-corrected chi connectivity index (χ0v) is 13.9. The molecule has 0 aromatic heterocycles. The normalized spacial score (nSPS) is 12.1. The highest BCUT2D eigenvalue weighted by Crippen LogP contribution is 2.25. The third-order valence-electron chi connectivity index (χ3n) is 3.78. The van der Waals surface area contributed by atoms with Crippen LogP contribution in [-0.2, 0) is 10.0 Å². The SMILES string of the molecule is CC(C)C(C)(C)CNS(=O)(=O)c1ccc(C#CCN)cc1. The third-order valence-corrected chi connectivity index (χ3v) is 5.20. The zero-order chi connectivity index (χ0) is 16.1. The Balaban J connectivity index is 2.84. The predicted octanol–water partition coefficient (Wildman–Crippen LogP) is 1.96. The minimum Gasteiger partial charge on any atom is -0.320 e. The number of hydrogen-bond acceptors (Lipinski definition) is 3. The summed E-state index contributed by atoms with van der Waals surface area (Å²) in [4.78, 5) is 0.250. The molecule has 0 aliphatic heterocycles. The van der Waals surface area contributed by atoms with Crippen molar-refractivity contribution in [3.63, 3.8) is 0 Å². The Morgan fingerprint density at radius 3 is 2.29 bits per heavy atom. The molecule has 0 bridgehead atoms. The van der Waals surface area contributed by atoms with Gasteiger partial charge in [-0.3, -0.25) is 0 Å². The molecule has 0 spiro atoms. The Hall–Kier alpha value is -1.35. The van der Waals surface area contributed by atoms with Gasteiger partial charge < -0.3 is 5.73 Å². The maximum absolute atomic E-state index is 12.3. The number of rotatable bonds is 5. The Morgan fingerprint density at radius 2 is 1.81 bits per heavy atom. The van der Waals surface area contributed by atoms with Crippen molar-refractivity contribution >= 4 is 10.0 Å². The predicted molar refractivity (Wildman–Crippen MR) is 86.2 cm³/mol. The second kappa shape index (κ2) is 7.08. The van der Waals surface area contributed by atoms with Crippen LogP contribution in [0.1, 0.15) is 33.3 Å². The van der Waals surface area contributed by atoms with Crippen molar-refractivity contribution < 1.29 is 8.42 Å². The maximum atomic E-state index is 12.3. The fourth-order valence-electron chi connectivity index (χ4n) is 1.44. The van der Waals surface area contributed by atoms with Crippen LogP contribution in [0.15, 0.2) is 29.2 Å². The second-order valence-electron chi connectivity index (χ2n) is 6.00. The molecule has 0 saturated carbocycles. The van der Waals surface area contributed by atoms with Crippen molar-refractivity contribution in [2.45, 2.75) is 32.6 Å². The van der Waals surface area contributed by atoms with Gasteiger partial charge in [-0.1, -0.05) is 39.5 Å². The summed E-state index contributed by atoms with van der Waals surface area (Å²) in [7, 11) is -3.49. The zero-order valence-electron chi connectivity index (χ0n) is 13.1. The molecule has 21 heavy (non-hydrogen) atoms. The lowest BCUT2D eigenvalue weighted by Crippen LogP contribution is -2.36. The Morgan fingerprint density at radius 1 is 1.24 bits per heavy atom. The molecule has 0 aliphatic carbocycles. The average Bonchev–Trinajstić information content (AvgIpc) is 2.43. The van der Waals surface area contributed by atoms with E-state index in [2.05, 4.69) is 30.4 Å². The lowest BCUT2D eigenvalue weighted by molar-refractivity contribution is 0.252. The minimum absolute atomic E-state index is 0.0976. The van der Waals surface area contributed by atoms with Crippen molar-refractivity contribution in [3.05, 3.63) is 29.8 Å². The molecule has 0 heterocycles. The standard InChI is InChI=1S/C16H24N2O2S/c1-13(2)16(3,4)12-18-21(19,20)15-9-7-14(8-10-15)6-5-11-17/h7-10,13,18H,11-12,17H2,1-4H3. The van der Waals surface area contributed by atoms with Gasteiger partial charge in [-0.05, 0) is 35.6 Å². The van der Waals surface area contributed by atoms with Crippen molar-refractivity contribution in [3.8, 4) is 11.8 Å². The third kappa shape index (κ3) is 5.16. The number of nitrogens with one attached hydrogen (secondary N) is 1. The van der Waals surface area contributed by atoms with Crippen LogP contribution < -0.4 is 10.5 Å². The van der Waals surface area contributed by atoms with Gasteiger partial charge in [0, 0.05) is 12.1 Å². The van der Waals surface area contributed by atoms with E-state index in [1.807, 2.05) is 13.8 Å². The molecule has 0 atom stereocenters. The molecule has 116 valence electrons. The monoisotopic (exact) mass is 308 g/mol. The van der Waals surface area contributed by atoms with Gasteiger partial charge in [0.25, 0.3) is 0 Å². The topological polar surface area (TPSA) is 72.2 Å². The summed E-state index contributed by atoms with van der Waals surface area (Å²) in [5.74, 6) is 5.98. The van der Waals surface area contributed by atoms with Gasteiger partial charge in [0.15, 0.2) is 0 Å². The Bertz CT molecular complexity index is 620. The Kier molecular flexibility index (Phi) is 5.97. The molecule has 1 aromatic carbocycles. The van der Waals surface area contributed by atoms with E-state index >= 15 is 0 Å². The molecule has 3 N–H and O–H groups in total. The summed E-state index contributed by atoms with van der Waals surface area (Å²) in [5.41, 5.74) is 5.95. The highest BCUT2D eigenvalue weighted by molar-refractivity contribution is 7.89. The molecule has 1 aromatic rings. The van der Waals surface area contributed by atoms with E-state index in [-0.39, 0.29) is 16.9 Å². The first-order chi connectivity index (χ1) is 9.69. The highest BCUT2D eigenvalue weighted by atomic mass is 32.2. The lowest BCUT2D eigenvalue weighted by atomic mass is 9.81. The van der Waals surface area contributed by atoms with Gasteiger partial charge in [0.05, 0.1) is 11.4 Å². The number of sulfonamides is 1. The van der Waals surface area contributed by atoms with E-state index in [1.54, 1.807) is 24.3 Å². The quantitative estimate of drug-likeness (QED) is 0.817. The van der Waals surface area contributed by atoms with Gasteiger partial charge in [-0.2, -0.15) is 0 Å². The van der Waals surface area contributed by atoms with Gasteiger partial charge in [-0.15, -0.1) is 0 Å². The van der Waals surface area contributed by atoms with Gasteiger partial charge in [0.1, 0.15) is 0 Å². The van der Waals surface area contributed by atoms with E-state index in [0.29, 0.717) is 12.5 Å². The Labute approximate surface area is 128 Å². The van der Waals surface area contributed by atoms with Crippen molar-refractivity contribution in [1.82, 2.24) is 4.72 Å². The van der Waals surface area contributed by atoms with Crippen LogP contribution >= 0.6 is 0 Å². The van der Waals surface area contributed by atoms with Crippen LogP contribution in [0.25, 0.3) is 0 Å². The van der Waals surface area contributed by atoms with Crippen molar-refractivity contribution in [2.75, 3.05) is 13.1 Å². The lowest BCUT2D eigenvalue weighted by Gasteiger charge is -2.29. The first kappa shape index (κ1) is 17.7. The van der Waals surface area contributed by atoms with Gasteiger partial charge in [-0.25, -0.2) is 13.1 Å². The van der Waals surface area contributed by atoms with Crippen molar-refractivity contribution in [2.24, 2.45) is 17.1 Å². The first-order valence-corrected chi connectivity index (χ1v) is 8.46. The molecule has 0 fully saturated rings. The fraction of sp³-hybridized carbons (Fsp3) is 0.500. The number of nitrogens with two attached hydrogens (primary N) is 1. The van der Waals surface area contributed by atoms with E-state index < -0.39 is 10.0 Å². The van der Waals surface area contributed by atoms with Crippen LogP contribution in [0.4, 0.5) is 0 Å². The molecule has 5 heteroatoms. The molecular formula is C16H24N2O2S. The summed E-state index contributed by atoms with van der Waals surface area (Å²) in [6.45, 7) is 8.95. The molecule has 0 saturated heterocycles. The van der Waals surface area contributed by atoms with Crippen LogP contribution in [0.2, 0.25) is 0 Å². The summed E-state index contributed by atoms with van der Waals surface area (Å²) >= 11 is 0. The molecule has 4 nitrogen and oxygen atoms in total. The van der Waals surface area contributed by atoms with Gasteiger partial charge in [0.2, 0.25) is 10.0 Å². The average molecular weight is 308 g/mol.